The van der Waals surface area contributed by atoms with Crippen LogP contribution in [0.25, 0.3) is 10.8 Å². The number of carbonyl (C=O) groups excluding carboxylic acids is 3. The summed E-state index contributed by atoms with van der Waals surface area (Å²) in [5, 5.41) is 13.6. The van der Waals surface area contributed by atoms with E-state index in [0.717, 1.165) is 10.8 Å². The monoisotopic (exact) mass is 353 g/mol. The molecule has 2 N–H and O–H groups in total. The van der Waals surface area contributed by atoms with Gasteiger partial charge in [-0.3, -0.25) is 14.4 Å². The van der Waals surface area contributed by atoms with Gasteiger partial charge in [0.05, 0.1) is 13.2 Å². The van der Waals surface area contributed by atoms with Crippen molar-refractivity contribution in [2.75, 3.05) is 26.2 Å². The first-order valence-corrected chi connectivity index (χ1v) is 8.59. The molecule has 2 aliphatic heterocycles. The molecule has 2 atom stereocenters. The maximum absolute atomic E-state index is 13.0. The summed E-state index contributed by atoms with van der Waals surface area (Å²) in [5.74, 6) is -0.778. The van der Waals surface area contributed by atoms with Gasteiger partial charge in [-0.25, -0.2) is 0 Å². The minimum absolute atomic E-state index is 0.147. The third kappa shape index (κ3) is 2.61. The largest absolute Gasteiger partial charge is 0.394 e. The van der Waals surface area contributed by atoms with E-state index >= 15 is 0 Å². The molecule has 0 aliphatic carbocycles. The van der Waals surface area contributed by atoms with Crippen molar-refractivity contribution in [2.24, 2.45) is 0 Å². The smallest absolute Gasteiger partial charge is 0.254 e. The fourth-order valence-electron chi connectivity index (χ4n) is 3.69. The molecule has 0 bridgehead atoms. The molecule has 2 saturated heterocycles. The first kappa shape index (κ1) is 16.5. The van der Waals surface area contributed by atoms with Gasteiger partial charge in [0.1, 0.15) is 12.1 Å². The van der Waals surface area contributed by atoms with Gasteiger partial charge in [0.25, 0.3) is 5.91 Å². The van der Waals surface area contributed by atoms with Gasteiger partial charge in [-0.15, -0.1) is 0 Å². The third-order valence-electron chi connectivity index (χ3n) is 5.07. The van der Waals surface area contributed by atoms with E-state index in [2.05, 4.69) is 5.32 Å². The molecule has 3 amide bonds. The lowest BCUT2D eigenvalue weighted by atomic mass is 10.0. The predicted molar refractivity (Wildman–Crippen MR) is 94.4 cm³/mol. The van der Waals surface area contributed by atoms with Crippen LogP contribution < -0.4 is 5.32 Å². The molecule has 134 valence electrons. The first-order valence-electron chi connectivity index (χ1n) is 8.59. The van der Waals surface area contributed by atoms with Crippen LogP contribution in [0.4, 0.5) is 0 Å². The number of benzene rings is 2. The number of nitrogens with one attached hydrogen (secondary N) is 1. The maximum atomic E-state index is 13.0. The van der Waals surface area contributed by atoms with E-state index in [4.69, 9.17) is 0 Å². The molecular weight excluding hydrogens is 334 g/mol. The number of rotatable bonds is 2. The fourth-order valence-corrected chi connectivity index (χ4v) is 3.69. The number of carbonyl (C=O) groups is 3. The van der Waals surface area contributed by atoms with E-state index < -0.39 is 18.7 Å². The average Bonchev–Trinajstić information content (AvgIpc) is 2.69. The molecule has 0 spiro atoms. The zero-order valence-corrected chi connectivity index (χ0v) is 14.1. The van der Waals surface area contributed by atoms with Crippen molar-refractivity contribution in [2.45, 2.75) is 12.1 Å². The number of hydrogen-bond acceptors (Lipinski definition) is 4. The van der Waals surface area contributed by atoms with Gasteiger partial charge in [0.2, 0.25) is 11.8 Å². The summed E-state index contributed by atoms with van der Waals surface area (Å²) < 4.78 is 0. The number of nitrogens with zero attached hydrogens (tertiary/aromatic N) is 2. The summed E-state index contributed by atoms with van der Waals surface area (Å²) in [5.41, 5.74) is 0.590. The van der Waals surface area contributed by atoms with E-state index in [-0.39, 0.29) is 30.8 Å². The standard InChI is InChI=1S/C19H19N3O4/c23-11-15-19(26)22-9-8-21(10-16(22)17(24)20-15)18(25)14-7-3-5-12-4-1-2-6-13(12)14/h1-7,15-16,23H,8-11H2,(H,20,24)/t15-,16-/m1/s1. The van der Waals surface area contributed by atoms with Crippen molar-refractivity contribution in [1.82, 2.24) is 15.1 Å². The van der Waals surface area contributed by atoms with Crippen LogP contribution in [-0.2, 0) is 9.59 Å². The highest BCUT2D eigenvalue weighted by atomic mass is 16.3. The van der Waals surface area contributed by atoms with Crippen molar-refractivity contribution in [3.05, 3.63) is 48.0 Å². The Bertz CT molecular complexity index is 892. The molecule has 2 aromatic rings. The van der Waals surface area contributed by atoms with Crippen molar-refractivity contribution < 1.29 is 19.5 Å². The number of piperazine rings is 2. The van der Waals surface area contributed by atoms with Gasteiger partial charge in [0, 0.05) is 18.7 Å². The second-order valence-corrected chi connectivity index (χ2v) is 6.57. The van der Waals surface area contributed by atoms with E-state index in [0.29, 0.717) is 12.1 Å². The minimum Gasteiger partial charge on any atom is -0.394 e. The van der Waals surface area contributed by atoms with Crippen LogP contribution in [0.15, 0.2) is 42.5 Å². The summed E-state index contributed by atoms with van der Waals surface area (Å²) in [6, 6.07) is 11.6. The average molecular weight is 353 g/mol. The van der Waals surface area contributed by atoms with E-state index in [9.17, 15) is 19.5 Å². The van der Waals surface area contributed by atoms with Crippen molar-refractivity contribution in [1.29, 1.82) is 0 Å². The summed E-state index contributed by atoms with van der Waals surface area (Å²) >= 11 is 0. The fraction of sp³-hybridized carbons (Fsp3) is 0.316. The summed E-state index contributed by atoms with van der Waals surface area (Å²) in [7, 11) is 0. The Morgan fingerprint density at radius 2 is 1.88 bits per heavy atom. The van der Waals surface area contributed by atoms with Crippen LogP contribution in [0, 0.1) is 0 Å². The first-order chi connectivity index (χ1) is 12.6. The minimum atomic E-state index is -0.890. The molecule has 2 fully saturated rings. The Hall–Kier alpha value is -2.93. The second-order valence-electron chi connectivity index (χ2n) is 6.57. The van der Waals surface area contributed by atoms with Gasteiger partial charge in [-0.2, -0.15) is 0 Å². The molecule has 0 saturated carbocycles. The number of aliphatic hydroxyl groups excluding tert-OH is 1. The molecular formula is C19H19N3O4. The topological polar surface area (TPSA) is 89.9 Å². The quantitative estimate of drug-likeness (QED) is 0.794. The van der Waals surface area contributed by atoms with Crippen LogP contribution in [-0.4, -0.2) is 71.0 Å². The predicted octanol–water partition coefficient (Wildman–Crippen LogP) is -0.0165. The van der Waals surface area contributed by atoms with E-state index in [1.807, 2.05) is 36.4 Å². The third-order valence-corrected chi connectivity index (χ3v) is 5.07. The lowest BCUT2D eigenvalue weighted by Crippen LogP contribution is -2.70. The molecule has 4 rings (SSSR count). The number of fused-ring (bicyclic) bond motifs is 2. The number of amides is 3. The second kappa shape index (κ2) is 6.42. The SMILES string of the molecule is O=C1N[C@H](CO)C(=O)N2CCN(C(=O)c3cccc4ccccc34)C[C@H]12. The van der Waals surface area contributed by atoms with Gasteiger partial charge >= 0.3 is 0 Å². The molecule has 26 heavy (non-hydrogen) atoms. The van der Waals surface area contributed by atoms with Crippen molar-refractivity contribution in [3.8, 4) is 0 Å². The van der Waals surface area contributed by atoms with Gasteiger partial charge in [0.15, 0.2) is 0 Å². The van der Waals surface area contributed by atoms with E-state index in [1.165, 1.54) is 4.90 Å². The van der Waals surface area contributed by atoms with Crippen molar-refractivity contribution >= 4 is 28.5 Å². The van der Waals surface area contributed by atoms with Crippen LogP contribution in [0.3, 0.4) is 0 Å². The Labute approximate surface area is 150 Å². The Morgan fingerprint density at radius 1 is 1.12 bits per heavy atom. The van der Waals surface area contributed by atoms with Gasteiger partial charge in [-0.1, -0.05) is 36.4 Å². The Morgan fingerprint density at radius 3 is 2.69 bits per heavy atom. The highest BCUT2D eigenvalue weighted by molar-refractivity contribution is 6.07. The maximum Gasteiger partial charge on any atom is 0.254 e. The molecule has 7 nitrogen and oxygen atoms in total. The summed E-state index contributed by atoms with van der Waals surface area (Å²) in [6.45, 7) is 0.365. The molecule has 0 aromatic heterocycles. The van der Waals surface area contributed by atoms with Gasteiger partial charge < -0.3 is 20.2 Å². The zero-order chi connectivity index (χ0) is 18.3. The molecule has 7 heteroatoms. The number of aliphatic hydroxyl groups is 1. The van der Waals surface area contributed by atoms with Crippen molar-refractivity contribution in [3.63, 3.8) is 0 Å². The van der Waals surface area contributed by atoms with E-state index in [1.54, 1.807) is 11.0 Å². The Balaban J connectivity index is 1.59. The molecule has 0 unspecified atom stereocenters. The van der Waals surface area contributed by atoms with Crippen LogP contribution in [0.2, 0.25) is 0 Å². The van der Waals surface area contributed by atoms with Crippen LogP contribution in [0.1, 0.15) is 10.4 Å². The molecule has 2 aromatic carbocycles. The lowest BCUT2D eigenvalue weighted by Gasteiger charge is -2.45. The molecule has 0 radical (unpaired) electrons. The summed E-state index contributed by atoms with van der Waals surface area (Å²) in [6.07, 6.45) is 0. The molecule has 2 aliphatic rings. The van der Waals surface area contributed by atoms with Crippen LogP contribution >= 0.6 is 0 Å². The normalized spacial score (nSPS) is 23.0. The molecule has 2 heterocycles. The Kier molecular flexibility index (Phi) is 4.08. The lowest BCUT2D eigenvalue weighted by molar-refractivity contribution is -0.153. The van der Waals surface area contributed by atoms with Crippen LogP contribution in [0.5, 0.6) is 0 Å². The summed E-state index contributed by atoms with van der Waals surface area (Å²) in [4.78, 5) is 40.7. The highest BCUT2D eigenvalue weighted by Gasteiger charge is 2.44. The highest BCUT2D eigenvalue weighted by Crippen LogP contribution is 2.23. The van der Waals surface area contributed by atoms with Gasteiger partial charge in [-0.05, 0) is 16.8 Å². The number of hydrogen-bond donors (Lipinski definition) is 2. The zero-order valence-electron chi connectivity index (χ0n) is 14.1.